The van der Waals surface area contributed by atoms with Gasteiger partial charge in [-0.3, -0.25) is 4.79 Å². The van der Waals surface area contributed by atoms with Crippen LogP contribution in [0.5, 0.6) is 0 Å². The molecule has 2 aromatic rings. The van der Waals surface area contributed by atoms with Crippen LogP contribution >= 0.6 is 0 Å². The maximum atomic E-state index is 11.5. The number of carbonyl (C=O) groups excluding carboxylic acids is 1. The summed E-state index contributed by atoms with van der Waals surface area (Å²) >= 11 is 0. The van der Waals surface area contributed by atoms with E-state index in [-0.39, 0.29) is 5.91 Å². The summed E-state index contributed by atoms with van der Waals surface area (Å²) in [6, 6.07) is 8.31. The fourth-order valence-electron chi connectivity index (χ4n) is 2.67. The Labute approximate surface area is 105 Å². The van der Waals surface area contributed by atoms with Crippen molar-refractivity contribution < 1.29 is 9.53 Å². The zero-order valence-electron chi connectivity index (χ0n) is 10.1. The Morgan fingerprint density at radius 1 is 1.28 bits per heavy atom. The summed E-state index contributed by atoms with van der Waals surface area (Å²) < 4.78 is 7.56. The van der Waals surface area contributed by atoms with Gasteiger partial charge in [0.2, 0.25) is 0 Å². The van der Waals surface area contributed by atoms with E-state index in [1.807, 2.05) is 30.5 Å². The summed E-state index contributed by atoms with van der Waals surface area (Å²) in [4.78, 5) is 11.5. The molecule has 2 N–H and O–H groups in total. The van der Waals surface area contributed by atoms with E-state index in [2.05, 4.69) is 4.57 Å². The molecule has 0 saturated carbocycles. The molecule has 0 unspecified atom stereocenters. The second-order valence-electron chi connectivity index (χ2n) is 4.67. The minimum atomic E-state index is -0.364. The lowest BCUT2D eigenvalue weighted by Gasteiger charge is -2.24. The highest BCUT2D eigenvalue weighted by atomic mass is 16.5. The highest BCUT2D eigenvalue weighted by molar-refractivity contribution is 6.06. The number of fused-ring (bicyclic) bond motifs is 1. The Kier molecular flexibility index (Phi) is 2.80. The first-order chi connectivity index (χ1) is 8.77. The van der Waals surface area contributed by atoms with Crippen LogP contribution in [0.15, 0.2) is 30.5 Å². The summed E-state index contributed by atoms with van der Waals surface area (Å²) in [5.74, 6) is -0.364. The Morgan fingerprint density at radius 2 is 2.00 bits per heavy atom. The number of nitrogens with two attached hydrogens (primary N) is 1. The molecule has 1 aromatic carbocycles. The number of carbonyl (C=O) groups is 1. The van der Waals surface area contributed by atoms with Gasteiger partial charge in [-0.05, 0) is 18.9 Å². The van der Waals surface area contributed by atoms with Crippen LogP contribution < -0.4 is 5.73 Å². The molecule has 1 aliphatic heterocycles. The minimum Gasteiger partial charge on any atom is -0.381 e. The molecular formula is C14H16N2O2. The van der Waals surface area contributed by atoms with Gasteiger partial charge in [0, 0.05) is 36.4 Å². The summed E-state index contributed by atoms with van der Waals surface area (Å²) in [6.07, 6.45) is 3.86. The summed E-state index contributed by atoms with van der Waals surface area (Å²) in [5.41, 5.74) is 7.14. The van der Waals surface area contributed by atoms with Gasteiger partial charge < -0.3 is 15.0 Å². The molecule has 0 atom stereocenters. The predicted octanol–water partition coefficient (Wildman–Crippen LogP) is 2.09. The second-order valence-corrected chi connectivity index (χ2v) is 4.67. The van der Waals surface area contributed by atoms with Gasteiger partial charge in [0.15, 0.2) is 0 Å². The SMILES string of the molecule is NC(=O)c1cn(C2CCOCC2)c2ccccc12. The summed E-state index contributed by atoms with van der Waals surface area (Å²) in [5, 5.41) is 0.941. The maximum Gasteiger partial charge on any atom is 0.250 e. The van der Waals surface area contributed by atoms with Gasteiger partial charge in [0.25, 0.3) is 5.91 Å². The number of nitrogens with zero attached hydrogens (tertiary/aromatic N) is 1. The molecule has 1 amide bonds. The van der Waals surface area contributed by atoms with Crippen LogP contribution in [0, 0.1) is 0 Å². The number of hydrogen-bond donors (Lipinski definition) is 1. The average Bonchev–Trinajstić information content (AvgIpc) is 2.79. The Bertz CT molecular complexity index is 582. The number of rotatable bonds is 2. The van der Waals surface area contributed by atoms with Crippen LogP contribution in [0.4, 0.5) is 0 Å². The second kappa shape index (κ2) is 4.46. The average molecular weight is 244 g/mol. The topological polar surface area (TPSA) is 57.2 Å². The monoisotopic (exact) mass is 244 g/mol. The van der Waals surface area contributed by atoms with Gasteiger partial charge in [-0.25, -0.2) is 0 Å². The van der Waals surface area contributed by atoms with E-state index in [0.29, 0.717) is 11.6 Å². The first-order valence-corrected chi connectivity index (χ1v) is 6.24. The number of primary amides is 1. The Hall–Kier alpha value is -1.81. The summed E-state index contributed by atoms with van der Waals surface area (Å²) in [7, 11) is 0. The van der Waals surface area contributed by atoms with Crippen LogP contribution in [-0.2, 0) is 4.74 Å². The third-order valence-corrected chi connectivity index (χ3v) is 3.59. The minimum absolute atomic E-state index is 0.364. The largest absolute Gasteiger partial charge is 0.381 e. The van der Waals surface area contributed by atoms with Gasteiger partial charge in [-0.15, -0.1) is 0 Å². The third-order valence-electron chi connectivity index (χ3n) is 3.59. The van der Waals surface area contributed by atoms with Crippen LogP contribution in [0.2, 0.25) is 0 Å². The van der Waals surface area contributed by atoms with E-state index in [1.54, 1.807) is 0 Å². The Balaban J connectivity index is 2.13. The lowest BCUT2D eigenvalue weighted by molar-refractivity contribution is 0.0707. The van der Waals surface area contributed by atoms with E-state index in [4.69, 9.17) is 10.5 Å². The lowest BCUT2D eigenvalue weighted by atomic mass is 10.1. The number of ether oxygens (including phenoxy) is 1. The van der Waals surface area contributed by atoms with Crippen molar-refractivity contribution >= 4 is 16.8 Å². The molecule has 4 heteroatoms. The van der Waals surface area contributed by atoms with Gasteiger partial charge >= 0.3 is 0 Å². The van der Waals surface area contributed by atoms with Crippen LogP contribution in [-0.4, -0.2) is 23.7 Å². The molecule has 0 spiro atoms. The van der Waals surface area contributed by atoms with Crippen molar-refractivity contribution in [3.63, 3.8) is 0 Å². The molecule has 2 heterocycles. The molecule has 94 valence electrons. The molecule has 1 aliphatic rings. The quantitative estimate of drug-likeness (QED) is 0.879. The molecule has 0 radical (unpaired) electrons. The first-order valence-electron chi connectivity index (χ1n) is 6.24. The van der Waals surface area contributed by atoms with E-state index in [9.17, 15) is 4.79 Å². The van der Waals surface area contributed by atoms with E-state index >= 15 is 0 Å². The molecule has 18 heavy (non-hydrogen) atoms. The third kappa shape index (κ3) is 1.78. The van der Waals surface area contributed by atoms with Gasteiger partial charge in [0.1, 0.15) is 0 Å². The number of benzene rings is 1. The van der Waals surface area contributed by atoms with Crippen molar-refractivity contribution in [2.45, 2.75) is 18.9 Å². The number of aromatic nitrogens is 1. The molecule has 3 rings (SSSR count). The fourth-order valence-corrected chi connectivity index (χ4v) is 2.67. The molecule has 1 aromatic heterocycles. The van der Waals surface area contributed by atoms with Crippen LogP contribution in [0.3, 0.4) is 0 Å². The van der Waals surface area contributed by atoms with Crippen LogP contribution in [0.25, 0.3) is 10.9 Å². The molecular weight excluding hydrogens is 228 g/mol. The van der Waals surface area contributed by atoms with Crippen molar-refractivity contribution in [1.29, 1.82) is 0 Å². The molecule has 1 saturated heterocycles. The summed E-state index contributed by atoms with van der Waals surface area (Å²) in [6.45, 7) is 1.56. The number of amides is 1. The predicted molar refractivity (Wildman–Crippen MR) is 69.5 cm³/mol. The van der Waals surface area contributed by atoms with E-state index in [1.165, 1.54) is 0 Å². The molecule has 4 nitrogen and oxygen atoms in total. The highest BCUT2D eigenvalue weighted by Crippen LogP contribution is 2.29. The molecule has 0 bridgehead atoms. The first kappa shape index (κ1) is 11.3. The molecule has 1 fully saturated rings. The fraction of sp³-hybridized carbons (Fsp3) is 0.357. The van der Waals surface area contributed by atoms with Crippen molar-refractivity contribution in [3.05, 3.63) is 36.0 Å². The van der Waals surface area contributed by atoms with Crippen molar-refractivity contribution in [1.82, 2.24) is 4.57 Å². The zero-order valence-corrected chi connectivity index (χ0v) is 10.1. The van der Waals surface area contributed by atoms with E-state index < -0.39 is 0 Å². The standard InChI is InChI=1S/C14H16N2O2/c15-14(17)12-9-16(10-5-7-18-8-6-10)13-4-2-1-3-11(12)13/h1-4,9-10H,5-8H2,(H2,15,17). The van der Waals surface area contributed by atoms with Crippen LogP contribution in [0.1, 0.15) is 29.2 Å². The van der Waals surface area contributed by atoms with Crippen molar-refractivity contribution in [2.24, 2.45) is 5.73 Å². The Morgan fingerprint density at radius 3 is 2.72 bits per heavy atom. The van der Waals surface area contributed by atoms with E-state index in [0.717, 1.165) is 37.0 Å². The maximum absolute atomic E-state index is 11.5. The zero-order chi connectivity index (χ0) is 12.5. The van der Waals surface area contributed by atoms with Gasteiger partial charge in [0.05, 0.1) is 5.56 Å². The molecule has 0 aliphatic carbocycles. The normalized spacial score (nSPS) is 17.1. The smallest absolute Gasteiger partial charge is 0.250 e. The highest BCUT2D eigenvalue weighted by Gasteiger charge is 2.20. The number of hydrogen-bond acceptors (Lipinski definition) is 2. The van der Waals surface area contributed by atoms with Crippen molar-refractivity contribution in [3.8, 4) is 0 Å². The van der Waals surface area contributed by atoms with Crippen molar-refractivity contribution in [2.75, 3.05) is 13.2 Å². The van der Waals surface area contributed by atoms with Gasteiger partial charge in [-0.2, -0.15) is 0 Å². The lowest BCUT2D eigenvalue weighted by Crippen LogP contribution is -2.19. The van der Waals surface area contributed by atoms with Gasteiger partial charge in [-0.1, -0.05) is 18.2 Å². The number of para-hydroxylation sites is 1.